The van der Waals surface area contributed by atoms with Gasteiger partial charge in [-0.15, -0.1) is 0 Å². The molecule has 4 nitrogen and oxygen atoms in total. The summed E-state index contributed by atoms with van der Waals surface area (Å²) in [6.07, 6.45) is 5.78. The third-order valence-corrected chi connectivity index (χ3v) is 5.41. The second kappa shape index (κ2) is 7.17. The van der Waals surface area contributed by atoms with Gasteiger partial charge >= 0.3 is 0 Å². The van der Waals surface area contributed by atoms with E-state index in [1.54, 1.807) is 4.90 Å². The lowest BCUT2D eigenvalue weighted by Crippen LogP contribution is -2.34. The molecule has 2 aliphatic rings. The predicted octanol–water partition coefficient (Wildman–Crippen LogP) is 1.65. The maximum absolute atomic E-state index is 11.9. The summed E-state index contributed by atoms with van der Waals surface area (Å²) >= 11 is 1.98. The molecule has 0 aromatic rings. The third kappa shape index (κ3) is 4.13. The first-order chi connectivity index (χ1) is 9.20. The molecule has 0 bridgehead atoms. The van der Waals surface area contributed by atoms with Crippen LogP contribution < -0.4 is 5.32 Å². The minimum absolute atomic E-state index is 0.0521. The first-order valence-corrected chi connectivity index (χ1v) is 8.42. The van der Waals surface area contributed by atoms with Gasteiger partial charge in [0, 0.05) is 37.1 Å². The van der Waals surface area contributed by atoms with Crippen LogP contribution in [-0.4, -0.2) is 47.4 Å². The molecular formula is C14H24N2O2S. The average molecular weight is 284 g/mol. The molecule has 0 radical (unpaired) electrons. The number of amides is 2. The summed E-state index contributed by atoms with van der Waals surface area (Å²) in [6.45, 7) is 3.99. The zero-order chi connectivity index (χ0) is 13.7. The molecule has 1 N–H and O–H groups in total. The van der Waals surface area contributed by atoms with Crippen LogP contribution in [0.3, 0.4) is 0 Å². The minimum atomic E-state index is -0.135. The van der Waals surface area contributed by atoms with Gasteiger partial charge in [-0.3, -0.25) is 9.59 Å². The number of hydrogen-bond acceptors (Lipinski definition) is 3. The van der Waals surface area contributed by atoms with Gasteiger partial charge < -0.3 is 10.2 Å². The van der Waals surface area contributed by atoms with Crippen LogP contribution in [-0.2, 0) is 9.59 Å². The zero-order valence-electron chi connectivity index (χ0n) is 11.7. The number of thioether (sulfide) groups is 1. The standard InChI is InChI=1S/C14H24N2O2S/c1-2-16-10-11(9-13(16)17)14(18)15-7-8-19-12-5-3-4-6-12/h11-12H,2-10H2,1H3,(H,15,18). The van der Waals surface area contributed by atoms with E-state index in [2.05, 4.69) is 5.32 Å². The van der Waals surface area contributed by atoms with Crippen molar-refractivity contribution in [2.24, 2.45) is 5.92 Å². The fraction of sp³-hybridized carbons (Fsp3) is 0.857. The largest absolute Gasteiger partial charge is 0.355 e. The molecule has 1 saturated heterocycles. The number of hydrogen-bond donors (Lipinski definition) is 1. The van der Waals surface area contributed by atoms with E-state index in [1.165, 1.54) is 25.7 Å². The topological polar surface area (TPSA) is 49.4 Å². The molecule has 1 saturated carbocycles. The number of nitrogens with zero attached hydrogens (tertiary/aromatic N) is 1. The van der Waals surface area contributed by atoms with Crippen molar-refractivity contribution in [3.8, 4) is 0 Å². The Bertz CT molecular complexity index is 329. The molecule has 1 atom stereocenters. The van der Waals surface area contributed by atoms with Gasteiger partial charge in [0.25, 0.3) is 0 Å². The van der Waals surface area contributed by atoms with E-state index < -0.39 is 0 Å². The van der Waals surface area contributed by atoms with Crippen LogP contribution in [0, 0.1) is 5.92 Å². The van der Waals surface area contributed by atoms with Crippen molar-refractivity contribution >= 4 is 23.6 Å². The van der Waals surface area contributed by atoms with Crippen LogP contribution in [0.4, 0.5) is 0 Å². The number of likely N-dealkylation sites (tertiary alicyclic amines) is 1. The summed E-state index contributed by atoms with van der Waals surface area (Å²) in [5.74, 6) is 1.03. The van der Waals surface area contributed by atoms with E-state index in [-0.39, 0.29) is 17.7 Å². The fourth-order valence-corrected chi connectivity index (χ4v) is 4.07. The molecule has 1 aliphatic heterocycles. The molecule has 1 unspecified atom stereocenters. The van der Waals surface area contributed by atoms with E-state index in [4.69, 9.17) is 0 Å². The van der Waals surface area contributed by atoms with E-state index in [9.17, 15) is 9.59 Å². The van der Waals surface area contributed by atoms with Gasteiger partial charge in [-0.25, -0.2) is 0 Å². The molecule has 0 aromatic carbocycles. The first-order valence-electron chi connectivity index (χ1n) is 7.37. The summed E-state index contributed by atoms with van der Waals surface area (Å²) in [6, 6.07) is 0. The second-order valence-electron chi connectivity index (χ2n) is 5.40. The summed E-state index contributed by atoms with van der Waals surface area (Å²) in [4.78, 5) is 25.3. The number of rotatable bonds is 6. The molecule has 2 amide bonds. The second-order valence-corrected chi connectivity index (χ2v) is 6.81. The Kier molecular flexibility index (Phi) is 5.55. The highest BCUT2D eigenvalue weighted by Gasteiger charge is 2.33. The lowest BCUT2D eigenvalue weighted by molar-refractivity contribution is -0.128. The van der Waals surface area contributed by atoms with Gasteiger partial charge in [-0.1, -0.05) is 12.8 Å². The van der Waals surface area contributed by atoms with Crippen LogP contribution in [0.15, 0.2) is 0 Å². The number of carbonyl (C=O) groups is 2. The van der Waals surface area contributed by atoms with E-state index in [0.717, 1.165) is 17.5 Å². The predicted molar refractivity (Wildman–Crippen MR) is 78.1 cm³/mol. The van der Waals surface area contributed by atoms with Crippen LogP contribution in [0.5, 0.6) is 0 Å². The van der Waals surface area contributed by atoms with Gasteiger partial charge in [-0.05, 0) is 19.8 Å². The molecule has 1 heterocycles. The van der Waals surface area contributed by atoms with E-state index in [0.29, 0.717) is 19.5 Å². The summed E-state index contributed by atoms with van der Waals surface area (Å²) in [5, 5.41) is 3.78. The zero-order valence-corrected chi connectivity index (χ0v) is 12.5. The van der Waals surface area contributed by atoms with Crippen LogP contribution in [0.1, 0.15) is 39.0 Å². The first kappa shape index (κ1) is 14.7. The Hall–Kier alpha value is -0.710. The summed E-state index contributed by atoms with van der Waals surface area (Å²) < 4.78 is 0. The average Bonchev–Trinajstić information content (AvgIpc) is 3.03. The highest BCUT2D eigenvalue weighted by molar-refractivity contribution is 7.99. The quantitative estimate of drug-likeness (QED) is 0.755. The molecule has 5 heteroatoms. The molecule has 0 spiro atoms. The lowest BCUT2D eigenvalue weighted by Gasteiger charge is -2.14. The molecule has 1 aliphatic carbocycles. The Morgan fingerprint density at radius 1 is 1.42 bits per heavy atom. The molecular weight excluding hydrogens is 260 g/mol. The SMILES string of the molecule is CCN1CC(C(=O)NCCSC2CCCC2)CC1=O. The van der Waals surface area contributed by atoms with E-state index >= 15 is 0 Å². The van der Waals surface area contributed by atoms with Gasteiger partial charge in [0.2, 0.25) is 11.8 Å². The number of carbonyl (C=O) groups excluding carboxylic acids is 2. The maximum atomic E-state index is 11.9. The Labute approximate surface area is 119 Å². The van der Waals surface area contributed by atoms with Crippen molar-refractivity contribution < 1.29 is 9.59 Å². The van der Waals surface area contributed by atoms with Crippen molar-refractivity contribution in [3.05, 3.63) is 0 Å². The molecule has 0 aromatic heterocycles. The van der Waals surface area contributed by atoms with Crippen molar-refractivity contribution in [1.82, 2.24) is 10.2 Å². The summed E-state index contributed by atoms with van der Waals surface area (Å²) in [5.41, 5.74) is 0. The van der Waals surface area contributed by atoms with Crippen LogP contribution in [0.25, 0.3) is 0 Å². The van der Waals surface area contributed by atoms with Crippen LogP contribution in [0.2, 0.25) is 0 Å². The Morgan fingerprint density at radius 3 is 2.79 bits per heavy atom. The third-order valence-electron chi connectivity index (χ3n) is 4.02. The minimum Gasteiger partial charge on any atom is -0.355 e. The maximum Gasteiger partial charge on any atom is 0.225 e. The van der Waals surface area contributed by atoms with E-state index in [1.807, 2.05) is 18.7 Å². The molecule has 19 heavy (non-hydrogen) atoms. The van der Waals surface area contributed by atoms with Crippen LogP contribution >= 0.6 is 11.8 Å². The van der Waals surface area contributed by atoms with Crippen molar-refractivity contribution in [2.45, 2.75) is 44.3 Å². The Morgan fingerprint density at radius 2 is 2.16 bits per heavy atom. The Balaban J connectivity index is 1.60. The van der Waals surface area contributed by atoms with Gasteiger partial charge in [-0.2, -0.15) is 11.8 Å². The number of nitrogens with one attached hydrogen (secondary N) is 1. The van der Waals surface area contributed by atoms with Crippen molar-refractivity contribution in [3.63, 3.8) is 0 Å². The molecule has 2 rings (SSSR count). The smallest absolute Gasteiger partial charge is 0.225 e. The highest BCUT2D eigenvalue weighted by Crippen LogP contribution is 2.28. The normalized spacial score (nSPS) is 24.2. The monoisotopic (exact) mass is 284 g/mol. The van der Waals surface area contributed by atoms with Crippen molar-refractivity contribution in [2.75, 3.05) is 25.4 Å². The van der Waals surface area contributed by atoms with Gasteiger partial charge in [0.15, 0.2) is 0 Å². The van der Waals surface area contributed by atoms with Gasteiger partial charge in [0.05, 0.1) is 5.92 Å². The fourth-order valence-electron chi connectivity index (χ4n) is 2.85. The highest BCUT2D eigenvalue weighted by atomic mass is 32.2. The van der Waals surface area contributed by atoms with Crippen molar-refractivity contribution in [1.29, 1.82) is 0 Å². The lowest BCUT2D eigenvalue weighted by atomic mass is 10.1. The van der Waals surface area contributed by atoms with Gasteiger partial charge in [0.1, 0.15) is 0 Å². The molecule has 108 valence electrons. The summed E-state index contributed by atoms with van der Waals surface area (Å²) in [7, 11) is 0. The molecule has 2 fully saturated rings.